The Morgan fingerprint density at radius 3 is 2.33 bits per heavy atom. The van der Waals surface area contributed by atoms with Gasteiger partial charge in [-0.05, 0) is 45.8 Å². The van der Waals surface area contributed by atoms with Crippen LogP contribution in [0.3, 0.4) is 0 Å². The fourth-order valence-electron chi connectivity index (χ4n) is 1.82. The minimum atomic E-state index is 0.394. The third-order valence-corrected chi connectivity index (χ3v) is 3.52. The minimum Gasteiger partial charge on any atom is -0.496 e. The van der Waals surface area contributed by atoms with Crippen LogP contribution >= 0.6 is 15.9 Å². The number of nitriles is 1. The molecule has 0 radical (unpaired) electrons. The number of halogens is 1. The van der Waals surface area contributed by atoms with E-state index in [9.17, 15) is 0 Å². The third-order valence-electron chi connectivity index (χ3n) is 2.90. The zero-order valence-corrected chi connectivity index (χ0v) is 13.3. The minimum absolute atomic E-state index is 0.394. The largest absolute Gasteiger partial charge is 0.496 e. The van der Waals surface area contributed by atoms with Gasteiger partial charge >= 0.3 is 0 Å². The smallest absolute Gasteiger partial charge is 0.162 e. The van der Waals surface area contributed by atoms with Crippen molar-refractivity contribution in [2.45, 2.75) is 6.61 Å². The molecule has 21 heavy (non-hydrogen) atoms. The van der Waals surface area contributed by atoms with E-state index >= 15 is 0 Å². The molecule has 0 saturated carbocycles. The summed E-state index contributed by atoms with van der Waals surface area (Å²) in [6.45, 7) is 0.394. The number of ether oxygens (including phenoxy) is 3. The molecule has 0 unspecified atom stereocenters. The van der Waals surface area contributed by atoms with Gasteiger partial charge < -0.3 is 14.2 Å². The molecular formula is C16H14BrNO3. The average Bonchev–Trinajstić information content (AvgIpc) is 2.52. The molecule has 5 heteroatoms. The number of benzene rings is 2. The first kappa shape index (κ1) is 15.2. The van der Waals surface area contributed by atoms with Gasteiger partial charge in [-0.2, -0.15) is 5.26 Å². The van der Waals surface area contributed by atoms with E-state index in [-0.39, 0.29) is 0 Å². The maximum Gasteiger partial charge on any atom is 0.162 e. The molecule has 0 bridgehead atoms. The summed E-state index contributed by atoms with van der Waals surface area (Å²) in [7, 11) is 3.17. The van der Waals surface area contributed by atoms with Crippen LogP contribution in [0.1, 0.15) is 11.1 Å². The zero-order chi connectivity index (χ0) is 15.2. The van der Waals surface area contributed by atoms with Crippen molar-refractivity contribution in [1.82, 2.24) is 0 Å². The van der Waals surface area contributed by atoms with Crippen molar-refractivity contribution in [2.24, 2.45) is 0 Å². The lowest BCUT2D eigenvalue weighted by Gasteiger charge is -2.11. The van der Waals surface area contributed by atoms with E-state index in [0.717, 1.165) is 15.8 Å². The summed E-state index contributed by atoms with van der Waals surface area (Å²) in [4.78, 5) is 0. The summed E-state index contributed by atoms with van der Waals surface area (Å²) in [6, 6.07) is 12.9. The predicted molar refractivity (Wildman–Crippen MR) is 82.7 cm³/mol. The Hall–Kier alpha value is -2.19. The van der Waals surface area contributed by atoms with Crippen LogP contribution in [0.4, 0.5) is 0 Å². The first-order valence-electron chi connectivity index (χ1n) is 6.21. The Balaban J connectivity index is 2.13. The van der Waals surface area contributed by atoms with Gasteiger partial charge in [0.05, 0.1) is 30.3 Å². The highest BCUT2D eigenvalue weighted by atomic mass is 79.9. The second kappa shape index (κ2) is 7.00. The molecule has 2 aromatic carbocycles. The number of rotatable bonds is 5. The summed E-state index contributed by atoms with van der Waals surface area (Å²) in [6.07, 6.45) is 0. The van der Waals surface area contributed by atoms with Gasteiger partial charge in [0.2, 0.25) is 0 Å². The second-order valence-corrected chi connectivity index (χ2v) is 5.09. The molecular weight excluding hydrogens is 334 g/mol. The van der Waals surface area contributed by atoms with E-state index in [1.807, 2.05) is 18.2 Å². The van der Waals surface area contributed by atoms with E-state index in [1.165, 1.54) is 0 Å². The lowest BCUT2D eigenvalue weighted by molar-refractivity contribution is 0.284. The van der Waals surface area contributed by atoms with E-state index < -0.39 is 0 Å². The highest BCUT2D eigenvalue weighted by Crippen LogP contribution is 2.30. The number of hydrogen-bond acceptors (Lipinski definition) is 4. The van der Waals surface area contributed by atoms with Gasteiger partial charge in [-0.1, -0.05) is 6.07 Å². The Labute approximate surface area is 132 Å². The molecule has 4 nitrogen and oxygen atoms in total. The van der Waals surface area contributed by atoms with Crippen LogP contribution in [-0.4, -0.2) is 14.2 Å². The summed E-state index contributed by atoms with van der Waals surface area (Å²) in [5.41, 5.74) is 1.53. The summed E-state index contributed by atoms with van der Waals surface area (Å²) < 4.78 is 17.0. The van der Waals surface area contributed by atoms with Gasteiger partial charge in [0.1, 0.15) is 12.4 Å². The van der Waals surface area contributed by atoms with E-state index in [2.05, 4.69) is 22.0 Å². The lowest BCUT2D eigenvalue weighted by atomic mass is 10.2. The van der Waals surface area contributed by atoms with E-state index in [0.29, 0.717) is 23.7 Å². The van der Waals surface area contributed by atoms with Gasteiger partial charge in [-0.15, -0.1) is 0 Å². The SMILES string of the molecule is COc1ccc(COc2ccc(C#N)cc2OC)cc1Br. The fourth-order valence-corrected chi connectivity index (χ4v) is 2.41. The van der Waals surface area contributed by atoms with Crippen LogP contribution in [0.2, 0.25) is 0 Å². The molecule has 0 spiro atoms. The number of nitrogens with zero attached hydrogens (tertiary/aromatic N) is 1. The molecule has 0 aliphatic rings. The van der Waals surface area contributed by atoms with Gasteiger partial charge in [-0.25, -0.2) is 0 Å². The molecule has 0 aromatic heterocycles. The molecule has 0 atom stereocenters. The van der Waals surface area contributed by atoms with Crippen molar-refractivity contribution in [3.8, 4) is 23.3 Å². The lowest BCUT2D eigenvalue weighted by Crippen LogP contribution is -1.98. The first-order chi connectivity index (χ1) is 10.2. The van der Waals surface area contributed by atoms with E-state index in [1.54, 1.807) is 32.4 Å². The van der Waals surface area contributed by atoms with Crippen LogP contribution in [0.15, 0.2) is 40.9 Å². The van der Waals surface area contributed by atoms with Crippen LogP contribution < -0.4 is 14.2 Å². The van der Waals surface area contributed by atoms with Crippen molar-refractivity contribution in [2.75, 3.05) is 14.2 Å². The topological polar surface area (TPSA) is 51.5 Å². The molecule has 0 heterocycles. The molecule has 2 aromatic rings. The summed E-state index contributed by atoms with van der Waals surface area (Å²) in [5, 5.41) is 8.87. The maximum absolute atomic E-state index is 8.87. The Morgan fingerprint density at radius 2 is 1.71 bits per heavy atom. The highest BCUT2D eigenvalue weighted by Gasteiger charge is 2.07. The Morgan fingerprint density at radius 1 is 1.00 bits per heavy atom. The molecule has 0 N–H and O–H groups in total. The maximum atomic E-state index is 8.87. The van der Waals surface area contributed by atoms with Crippen molar-refractivity contribution < 1.29 is 14.2 Å². The first-order valence-corrected chi connectivity index (χ1v) is 7.00. The van der Waals surface area contributed by atoms with E-state index in [4.69, 9.17) is 19.5 Å². The fraction of sp³-hybridized carbons (Fsp3) is 0.188. The van der Waals surface area contributed by atoms with Gasteiger partial charge in [-0.3, -0.25) is 0 Å². The molecule has 2 rings (SSSR count). The highest BCUT2D eigenvalue weighted by molar-refractivity contribution is 9.10. The van der Waals surface area contributed by atoms with Gasteiger partial charge in [0.15, 0.2) is 11.5 Å². The molecule has 0 amide bonds. The number of hydrogen-bond donors (Lipinski definition) is 0. The molecule has 108 valence electrons. The Bertz CT molecular complexity index is 680. The van der Waals surface area contributed by atoms with Crippen LogP contribution in [0.5, 0.6) is 17.2 Å². The van der Waals surface area contributed by atoms with Crippen LogP contribution in [0.25, 0.3) is 0 Å². The molecule has 0 aliphatic heterocycles. The predicted octanol–water partition coefficient (Wildman–Crippen LogP) is 3.92. The quantitative estimate of drug-likeness (QED) is 0.822. The Kier molecular flexibility index (Phi) is 5.07. The van der Waals surface area contributed by atoms with Crippen molar-refractivity contribution in [3.05, 3.63) is 52.0 Å². The molecule has 0 fully saturated rings. The monoisotopic (exact) mass is 347 g/mol. The summed E-state index contributed by atoms with van der Waals surface area (Å²) >= 11 is 3.44. The molecule has 0 saturated heterocycles. The third kappa shape index (κ3) is 3.67. The van der Waals surface area contributed by atoms with Gasteiger partial charge in [0.25, 0.3) is 0 Å². The van der Waals surface area contributed by atoms with Crippen molar-refractivity contribution in [1.29, 1.82) is 5.26 Å². The van der Waals surface area contributed by atoms with Crippen molar-refractivity contribution in [3.63, 3.8) is 0 Å². The normalized spacial score (nSPS) is 9.81. The number of methoxy groups -OCH3 is 2. The van der Waals surface area contributed by atoms with Gasteiger partial charge in [0, 0.05) is 6.07 Å². The summed E-state index contributed by atoms with van der Waals surface area (Å²) in [5.74, 6) is 1.92. The van der Waals surface area contributed by atoms with Crippen molar-refractivity contribution >= 4 is 15.9 Å². The standard InChI is InChI=1S/C16H14BrNO3/c1-19-14-5-4-12(7-13(14)17)10-21-15-6-3-11(9-18)8-16(15)20-2/h3-8H,10H2,1-2H3. The zero-order valence-electron chi connectivity index (χ0n) is 11.7. The van der Waals surface area contributed by atoms with Crippen LogP contribution in [0, 0.1) is 11.3 Å². The second-order valence-electron chi connectivity index (χ2n) is 4.24. The average molecular weight is 348 g/mol. The molecule has 0 aliphatic carbocycles. The van der Waals surface area contributed by atoms with Crippen LogP contribution in [-0.2, 0) is 6.61 Å².